The third-order valence-corrected chi connectivity index (χ3v) is 3.84. The summed E-state index contributed by atoms with van der Waals surface area (Å²) >= 11 is 6.24. The topological polar surface area (TPSA) is 43.4 Å². The van der Waals surface area contributed by atoms with Crippen molar-refractivity contribution in [3.05, 3.63) is 0 Å². The van der Waals surface area contributed by atoms with E-state index < -0.39 is 6.10 Å². The summed E-state index contributed by atoms with van der Waals surface area (Å²) in [5.41, 5.74) is 0. The van der Waals surface area contributed by atoms with E-state index in [1.54, 1.807) is 6.92 Å². The highest BCUT2D eigenvalue weighted by molar-refractivity contribution is 6.20. The largest absolute Gasteiger partial charge is 0.455 e. The van der Waals surface area contributed by atoms with Gasteiger partial charge in [-0.3, -0.25) is 9.59 Å². The fourth-order valence-corrected chi connectivity index (χ4v) is 2.22. The van der Waals surface area contributed by atoms with Crippen LogP contribution >= 0.6 is 11.6 Å². The lowest BCUT2D eigenvalue weighted by atomic mass is 10.1. The van der Waals surface area contributed by atoms with Crippen LogP contribution < -0.4 is 0 Å². The van der Waals surface area contributed by atoms with Crippen molar-refractivity contribution < 1.29 is 14.3 Å². The lowest BCUT2D eigenvalue weighted by molar-refractivity contribution is -0.153. The van der Waals surface area contributed by atoms with Crippen LogP contribution in [0.4, 0.5) is 0 Å². The van der Waals surface area contributed by atoms with E-state index >= 15 is 0 Å². The van der Waals surface area contributed by atoms with Crippen molar-refractivity contribution in [2.24, 2.45) is 0 Å². The number of alkyl halides is 1. The average molecular weight is 305 g/mol. The molecule has 0 aromatic heterocycles. The van der Waals surface area contributed by atoms with Gasteiger partial charge < -0.3 is 4.74 Å². The maximum absolute atomic E-state index is 11.4. The first kappa shape index (κ1) is 19.4. The number of halogens is 1. The van der Waals surface area contributed by atoms with Gasteiger partial charge in [-0.15, -0.1) is 11.6 Å². The molecule has 2 atom stereocenters. The molecule has 0 aliphatic carbocycles. The highest BCUT2D eigenvalue weighted by Crippen LogP contribution is 2.16. The zero-order valence-electron chi connectivity index (χ0n) is 13.1. The van der Waals surface area contributed by atoms with Gasteiger partial charge in [0.1, 0.15) is 0 Å². The third kappa shape index (κ3) is 11.3. The Bertz CT molecular complexity index is 279. The lowest BCUT2D eigenvalue weighted by Crippen LogP contribution is -2.21. The molecule has 0 N–H and O–H groups in total. The van der Waals surface area contributed by atoms with E-state index in [1.807, 2.05) is 0 Å². The standard InChI is InChI=1S/C16H29ClO3/c1-4-5-6-7-10-15(17)11-8-9-12-16(19)20-14(3)13(2)18/h14-15H,4-12H2,1-3H3. The molecule has 0 fully saturated rings. The first-order valence-corrected chi connectivity index (χ1v) is 8.25. The van der Waals surface area contributed by atoms with Gasteiger partial charge in [-0.25, -0.2) is 0 Å². The van der Waals surface area contributed by atoms with Gasteiger partial charge in [0, 0.05) is 11.8 Å². The van der Waals surface area contributed by atoms with Crippen LogP contribution in [-0.2, 0) is 14.3 Å². The summed E-state index contributed by atoms with van der Waals surface area (Å²) in [6.07, 6.45) is 8.45. The van der Waals surface area contributed by atoms with Crippen LogP contribution in [0.25, 0.3) is 0 Å². The average Bonchev–Trinajstić information content (AvgIpc) is 2.39. The summed E-state index contributed by atoms with van der Waals surface area (Å²) in [5.74, 6) is -0.409. The Labute approximate surface area is 128 Å². The fraction of sp³-hybridized carbons (Fsp3) is 0.875. The van der Waals surface area contributed by atoms with Gasteiger partial charge in [0.2, 0.25) is 0 Å². The van der Waals surface area contributed by atoms with Crippen LogP contribution in [0.5, 0.6) is 0 Å². The van der Waals surface area contributed by atoms with Gasteiger partial charge in [0.05, 0.1) is 0 Å². The van der Waals surface area contributed by atoms with Gasteiger partial charge in [0.25, 0.3) is 0 Å². The third-order valence-electron chi connectivity index (χ3n) is 3.40. The van der Waals surface area contributed by atoms with E-state index in [9.17, 15) is 9.59 Å². The SMILES string of the molecule is CCCCCCC(Cl)CCCCC(=O)OC(C)C(C)=O. The van der Waals surface area contributed by atoms with E-state index in [0.29, 0.717) is 6.42 Å². The quantitative estimate of drug-likeness (QED) is 0.299. The fourth-order valence-electron chi connectivity index (χ4n) is 1.91. The van der Waals surface area contributed by atoms with Gasteiger partial charge in [0.15, 0.2) is 11.9 Å². The molecule has 0 spiro atoms. The summed E-state index contributed by atoms with van der Waals surface area (Å²) in [7, 11) is 0. The molecule has 2 unspecified atom stereocenters. The summed E-state index contributed by atoms with van der Waals surface area (Å²) in [4.78, 5) is 22.4. The molecule has 0 heterocycles. The summed E-state index contributed by atoms with van der Waals surface area (Å²) < 4.78 is 4.99. The maximum atomic E-state index is 11.4. The monoisotopic (exact) mass is 304 g/mol. The molecule has 118 valence electrons. The molecule has 0 amide bonds. The molecule has 3 nitrogen and oxygen atoms in total. The Morgan fingerprint density at radius 3 is 2.20 bits per heavy atom. The molecule has 0 saturated carbocycles. The highest BCUT2D eigenvalue weighted by Gasteiger charge is 2.13. The molecule has 0 bridgehead atoms. The number of unbranched alkanes of at least 4 members (excludes halogenated alkanes) is 4. The van der Waals surface area contributed by atoms with Crippen LogP contribution in [0.2, 0.25) is 0 Å². The molecule has 0 saturated heterocycles. The summed E-state index contributed by atoms with van der Waals surface area (Å²) in [6.45, 7) is 5.23. The van der Waals surface area contributed by atoms with E-state index in [0.717, 1.165) is 25.7 Å². The lowest BCUT2D eigenvalue weighted by Gasteiger charge is -2.11. The maximum Gasteiger partial charge on any atom is 0.306 e. The predicted octanol–water partition coefficient (Wildman–Crippen LogP) is 4.65. The summed E-state index contributed by atoms with van der Waals surface area (Å²) in [5, 5.41) is 0.221. The molecule has 0 aliphatic heterocycles. The number of esters is 1. The second kappa shape index (κ2) is 12.2. The van der Waals surface area contributed by atoms with Crippen molar-refractivity contribution in [2.75, 3.05) is 0 Å². The minimum atomic E-state index is -0.623. The number of ether oxygens (including phenoxy) is 1. The van der Waals surface area contributed by atoms with Crippen molar-refractivity contribution in [1.29, 1.82) is 0 Å². The van der Waals surface area contributed by atoms with E-state index in [1.165, 1.54) is 32.6 Å². The van der Waals surface area contributed by atoms with Gasteiger partial charge in [-0.05, 0) is 33.1 Å². The molecule has 0 aromatic rings. The minimum Gasteiger partial charge on any atom is -0.455 e. The number of hydrogen-bond donors (Lipinski definition) is 0. The normalized spacial score (nSPS) is 13.8. The Kier molecular flexibility index (Phi) is 11.8. The van der Waals surface area contributed by atoms with Crippen LogP contribution in [0.3, 0.4) is 0 Å². The molecule has 0 radical (unpaired) electrons. The number of rotatable bonds is 12. The van der Waals surface area contributed by atoms with E-state index in [4.69, 9.17) is 16.3 Å². The van der Waals surface area contributed by atoms with Crippen LogP contribution in [0.15, 0.2) is 0 Å². The smallest absolute Gasteiger partial charge is 0.306 e. The van der Waals surface area contributed by atoms with Crippen molar-refractivity contribution in [3.8, 4) is 0 Å². The summed E-state index contributed by atoms with van der Waals surface area (Å²) in [6, 6.07) is 0. The highest BCUT2D eigenvalue weighted by atomic mass is 35.5. The van der Waals surface area contributed by atoms with Gasteiger partial charge in [-0.2, -0.15) is 0 Å². The van der Waals surface area contributed by atoms with Crippen molar-refractivity contribution in [1.82, 2.24) is 0 Å². The van der Waals surface area contributed by atoms with Crippen LogP contribution in [0, 0.1) is 0 Å². The molecule has 0 rings (SSSR count). The molecule has 0 aromatic carbocycles. The number of carbonyl (C=O) groups is 2. The second-order valence-corrected chi connectivity index (χ2v) is 6.05. The molecule has 20 heavy (non-hydrogen) atoms. The van der Waals surface area contributed by atoms with Crippen molar-refractivity contribution in [2.45, 2.75) is 90.0 Å². The van der Waals surface area contributed by atoms with E-state index in [2.05, 4.69) is 6.92 Å². The number of carbonyl (C=O) groups excluding carboxylic acids is 2. The number of hydrogen-bond acceptors (Lipinski definition) is 3. The van der Waals surface area contributed by atoms with Gasteiger partial charge >= 0.3 is 5.97 Å². The zero-order valence-corrected chi connectivity index (χ0v) is 13.9. The number of Topliss-reactive ketones (excluding diaryl/α,β-unsaturated/α-hetero) is 1. The first-order valence-electron chi connectivity index (χ1n) is 7.81. The Hall–Kier alpha value is -0.570. The predicted molar refractivity (Wildman–Crippen MR) is 83.1 cm³/mol. The molecule has 4 heteroatoms. The van der Waals surface area contributed by atoms with Gasteiger partial charge in [-0.1, -0.05) is 39.0 Å². The van der Waals surface area contributed by atoms with Crippen LogP contribution in [0.1, 0.15) is 78.6 Å². The Morgan fingerprint density at radius 1 is 1.05 bits per heavy atom. The molecular weight excluding hydrogens is 276 g/mol. The Balaban J connectivity index is 3.50. The Morgan fingerprint density at radius 2 is 1.65 bits per heavy atom. The minimum absolute atomic E-state index is 0.119. The van der Waals surface area contributed by atoms with Crippen molar-refractivity contribution in [3.63, 3.8) is 0 Å². The first-order chi connectivity index (χ1) is 9.47. The number of ketones is 1. The van der Waals surface area contributed by atoms with Crippen LogP contribution in [-0.4, -0.2) is 23.2 Å². The molecular formula is C16H29ClO3. The zero-order chi connectivity index (χ0) is 15.4. The van der Waals surface area contributed by atoms with Crippen molar-refractivity contribution >= 4 is 23.4 Å². The second-order valence-electron chi connectivity index (χ2n) is 5.44. The van der Waals surface area contributed by atoms with E-state index in [-0.39, 0.29) is 17.1 Å². The molecule has 0 aliphatic rings.